The van der Waals surface area contributed by atoms with Gasteiger partial charge in [-0.25, -0.2) is 4.79 Å². The maximum absolute atomic E-state index is 12.8. The number of ether oxygens (including phenoxy) is 1. The molecule has 0 spiro atoms. The molecular formula is C18H26N4O3. The highest BCUT2D eigenvalue weighted by atomic mass is 16.5. The van der Waals surface area contributed by atoms with E-state index in [0.29, 0.717) is 26.2 Å². The second-order valence-electron chi connectivity index (χ2n) is 6.63. The highest BCUT2D eigenvalue weighted by molar-refractivity contribution is 5.81. The van der Waals surface area contributed by atoms with E-state index in [1.807, 2.05) is 29.2 Å². The molecule has 2 saturated heterocycles. The number of hydrogen-bond acceptors (Lipinski definition) is 4. The SMILES string of the molecule is COc1ccc(N2CCN(C(=O)[C@@H]3CCCN(C(N)=O)C3)CC2)cc1. The summed E-state index contributed by atoms with van der Waals surface area (Å²) in [6.07, 6.45) is 1.67. The summed E-state index contributed by atoms with van der Waals surface area (Å²) in [5, 5.41) is 0. The maximum atomic E-state index is 12.8. The molecule has 1 aromatic carbocycles. The molecule has 0 unspecified atom stereocenters. The van der Waals surface area contributed by atoms with Crippen LogP contribution in [0.5, 0.6) is 5.75 Å². The molecule has 0 saturated carbocycles. The number of likely N-dealkylation sites (tertiary alicyclic amines) is 1. The fourth-order valence-corrected chi connectivity index (χ4v) is 3.62. The third kappa shape index (κ3) is 3.97. The summed E-state index contributed by atoms with van der Waals surface area (Å²) in [7, 11) is 1.66. The number of urea groups is 1. The molecule has 7 heteroatoms. The number of primary amides is 1. The number of piperidine rings is 1. The van der Waals surface area contributed by atoms with E-state index in [4.69, 9.17) is 10.5 Å². The number of methoxy groups -OCH3 is 1. The Hall–Kier alpha value is -2.44. The normalized spacial score (nSPS) is 21.2. The van der Waals surface area contributed by atoms with Crippen LogP contribution in [0.2, 0.25) is 0 Å². The lowest BCUT2D eigenvalue weighted by atomic mass is 9.96. The van der Waals surface area contributed by atoms with Gasteiger partial charge in [0.05, 0.1) is 13.0 Å². The second-order valence-corrected chi connectivity index (χ2v) is 6.63. The van der Waals surface area contributed by atoms with Crippen LogP contribution in [0.4, 0.5) is 10.5 Å². The molecule has 1 aromatic rings. The Morgan fingerprint density at radius 2 is 1.72 bits per heavy atom. The van der Waals surface area contributed by atoms with Crippen molar-refractivity contribution in [2.24, 2.45) is 11.7 Å². The van der Waals surface area contributed by atoms with E-state index in [0.717, 1.165) is 37.4 Å². The number of carbonyl (C=O) groups is 2. The van der Waals surface area contributed by atoms with Crippen molar-refractivity contribution in [3.8, 4) is 5.75 Å². The molecule has 0 radical (unpaired) electrons. The molecule has 7 nitrogen and oxygen atoms in total. The highest BCUT2D eigenvalue weighted by Crippen LogP contribution is 2.23. The Bertz CT molecular complexity index is 611. The number of hydrogen-bond donors (Lipinski definition) is 1. The molecule has 2 heterocycles. The van der Waals surface area contributed by atoms with Crippen LogP contribution in [0, 0.1) is 5.92 Å². The van der Waals surface area contributed by atoms with Gasteiger partial charge in [-0.2, -0.15) is 0 Å². The van der Waals surface area contributed by atoms with Crippen molar-refractivity contribution in [3.05, 3.63) is 24.3 Å². The van der Waals surface area contributed by atoms with E-state index in [2.05, 4.69) is 4.90 Å². The fraction of sp³-hybridized carbons (Fsp3) is 0.556. The van der Waals surface area contributed by atoms with Gasteiger partial charge in [-0.1, -0.05) is 0 Å². The zero-order valence-corrected chi connectivity index (χ0v) is 14.7. The second kappa shape index (κ2) is 7.63. The topological polar surface area (TPSA) is 79.1 Å². The van der Waals surface area contributed by atoms with E-state index in [1.54, 1.807) is 12.0 Å². The van der Waals surface area contributed by atoms with Crippen LogP contribution >= 0.6 is 0 Å². The van der Waals surface area contributed by atoms with Crippen molar-refractivity contribution in [1.29, 1.82) is 0 Å². The minimum Gasteiger partial charge on any atom is -0.497 e. The van der Waals surface area contributed by atoms with Crippen LogP contribution in [0.3, 0.4) is 0 Å². The number of benzene rings is 1. The van der Waals surface area contributed by atoms with Gasteiger partial charge in [0, 0.05) is 45.0 Å². The van der Waals surface area contributed by atoms with Gasteiger partial charge in [-0.05, 0) is 37.1 Å². The summed E-state index contributed by atoms with van der Waals surface area (Å²) < 4.78 is 5.19. The monoisotopic (exact) mass is 346 g/mol. The van der Waals surface area contributed by atoms with E-state index in [-0.39, 0.29) is 11.8 Å². The number of anilines is 1. The number of carbonyl (C=O) groups excluding carboxylic acids is 2. The van der Waals surface area contributed by atoms with E-state index in [1.165, 1.54) is 0 Å². The average Bonchev–Trinajstić information content (AvgIpc) is 2.67. The van der Waals surface area contributed by atoms with Gasteiger partial charge in [-0.15, -0.1) is 0 Å². The smallest absolute Gasteiger partial charge is 0.314 e. The molecule has 2 aliphatic heterocycles. The third-order valence-corrected chi connectivity index (χ3v) is 5.11. The van der Waals surface area contributed by atoms with Gasteiger partial charge in [0.15, 0.2) is 0 Å². The van der Waals surface area contributed by atoms with E-state index >= 15 is 0 Å². The largest absolute Gasteiger partial charge is 0.497 e. The van der Waals surface area contributed by atoms with E-state index < -0.39 is 6.03 Å². The summed E-state index contributed by atoms with van der Waals surface area (Å²) in [5.74, 6) is 0.878. The molecule has 2 aliphatic rings. The fourth-order valence-electron chi connectivity index (χ4n) is 3.62. The summed E-state index contributed by atoms with van der Waals surface area (Å²) in [6.45, 7) is 4.14. The van der Waals surface area contributed by atoms with E-state index in [9.17, 15) is 9.59 Å². The number of rotatable bonds is 3. The Kier molecular flexibility index (Phi) is 5.31. The Morgan fingerprint density at radius 1 is 1.04 bits per heavy atom. The summed E-state index contributed by atoms with van der Waals surface area (Å²) in [5.41, 5.74) is 6.50. The van der Waals surface area contributed by atoms with Gasteiger partial charge in [0.25, 0.3) is 0 Å². The van der Waals surface area contributed by atoms with Crippen molar-refractivity contribution >= 4 is 17.6 Å². The molecular weight excluding hydrogens is 320 g/mol. The van der Waals surface area contributed by atoms with Gasteiger partial charge in [0.2, 0.25) is 5.91 Å². The predicted molar refractivity (Wildman–Crippen MR) is 95.7 cm³/mol. The number of amides is 3. The summed E-state index contributed by atoms with van der Waals surface area (Å²) in [6, 6.07) is 7.56. The van der Waals surface area contributed by atoms with Crippen LogP contribution in [-0.4, -0.2) is 68.1 Å². The zero-order chi connectivity index (χ0) is 17.8. The summed E-state index contributed by atoms with van der Waals surface area (Å²) in [4.78, 5) is 29.9. The lowest BCUT2D eigenvalue weighted by Gasteiger charge is -2.39. The standard InChI is InChI=1S/C18H26N4O3/c1-25-16-6-4-15(5-7-16)20-9-11-21(12-10-20)17(23)14-3-2-8-22(13-14)18(19)24/h4-7,14H,2-3,8-13H2,1H3,(H2,19,24)/t14-/m1/s1. The number of nitrogens with zero attached hydrogens (tertiary/aromatic N) is 3. The quantitative estimate of drug-likeness (QED) is 0.890. The van der Waals surface area contributed by atoms with Gasteiger partial charge < -0.3 is 25.2 Å². The molecule has 25 heavy (non-hydrogen) atoms. The average molecular weight is 346 g/mol. The first-order chi connectivity index (χ1) is 12.1. The van der Waals surface area contributed by atoms with Crippen LogP contribution in [0.25, 0.3) is 0 Å². The zero-order valence-electron chi connectivity index (χ0n) is 14.7. The molecule has 2 fully saturated rings. The van der Waals surface area contributed by atoms with Crippen LogP contribution in [0.15, 0.2) is 24.3 Å². The lowest BCUT2D eigenvalue weighted by Crippen LogP contribution is -2.53. The Morgan fingerprint density at radius 3 is 2.32 bits per heavy atom. The Balaban J connectivity index is 1.54. The molecule has 136 valence electrons. The lowest BCUT2D eigenvalue weighted by molar-refractivity contribution is -0.137. The molecule has 3 rings (SSSR count). The summed E-state index contributed by atoms with van der Waals surface area (Å²) >= 11 is 0. The number of piperazine rings is 1. The highest BCUT2D eigenvalue weighted by Gasteiger charge is 2.32. The molecule has 2 N–H and O–H groups in total. The minimum atomic E-state index is -0.429. The van der Waals surface area contributed by atoms with Crippen LogP contribution in [0.1, 0.15) is 12.8 Å². The van der Waals surface area contributed by atoms with Gasteiger partial charge >= 0.3 is 6.03 Å². The first kappa shape index (κ1) is 17.4. The first-order valence-corrected chi connectivity index (χ1v) is 8.80. The molecule has 0 aliphatic carbocycles. The van der Waals surface area contributed by atoms with Crippen LogP contribution in [-0.2, 0) is 4.79 Å². The maximum Gasteiger partial charge on any atom is 0.314 e. The van der Waals surface area contributed by atoms with Crippen molar-refractivity contribution in [2.75, 3.05) is 51.3 Å². The van der Waals surface area contributed by atoms with Crippen molar-refractivity contribution in [2.45, 2.75) is 12.8 Å². The third-order valence-electron chi connectivity index (χ3n) is 5.11. The number of nitrogens with two attached hydrogens (primary N) is 1. The van der Waals surface area contributed by atoms with Gasteiger partial charge in [0.1, 0.15) is 5.75 Å². The molecule has 0 aromatic heterocycles. The van der Waals surface area contributed by atoms with Crippen molar-refractivity contribution in [1.82, 2.24) is 9.80 Å². The Labute approximate surface area is 148 Å². The molecule has 0 bridgehead atoms. The van der Waals surface area contributed by atoms with Gasteiger partial charge in [-0.3, -0.25) is 4.79 Å². The van der Waals surface area contributed by atoms with Crippen LogP contribution < -0.4 is 15.4 Å². The minimum absolute atomic E-state index is 0.117. The molecule has 3 amide bonds. The van der Waals surface area contributed by atoms with Crippen molar-refractivity contribution < 1.29 is 14.3 Å². The molecule has 1 atom stereocenters. The first-order valence-electron chi connectivity index (χ1n) is 8.80. The predicted octanol–water partition coefficient (Wildman–Crippen LogP) is 1.13. The van der Waals surface area contributed by atoms with Crippen molar-refractivity contribution in [3.63, 3.8) is 0 Å².